The van der Waals surface area contributed by atoms with Crippen molar-refractivity contribution < 1.29 is 39.8 Å². The quantitative estimate of drug-likeness (QED) is 0.0262. The van der Waals surface area contributed by atoms with E-state index in [4.69, 9.17) is 9.47 Å². The SMILES string of the molecule is CCCCCCC/C=C\C/C=C\C/C=C\CCCCCCCCC(=O)NC(COC1OC(CO)C(O)C(O)C1O)C(O)CCCCCCCCCCCCCCCCCCC. The molecule has 358 valence electrons. The number of hydrogen-bond donors (Lipinski definition) is 6. The Morgan fingerprint density at radius 2 is 0.967 bits per heavy atom. The van der Waals surface area contributed by atoms with Gasteiger partial charge in [-0.2, -0.15) is 0 Å². The minimum absolute atomic E-state index is 0.143. The molecule has 7 unspecified atom stereocenters. The van der Waals surface area contributed by atoms with Crippen LogP contribution in [0.15, 0.2) is 36.5 Å². The highest BCUT2D eigenvalue weighted by molar-refractivity contribution is 5.76. The van der Waals surface area contributed by atoms with Crippen LogP contribution in [0.1, 0.15) is 232 Å². The molecular formula is C52H97NO8. The fourth-order valence-electron chi connectivity index (χ4n) is 8.11. The van der Waals surface area contributed by atoms with Crippen LogP contribution in [0, 0.1) is 0 Å². The zero-order valence-electron chi connectivity index (χ0n) is 39.4. The van der Waals surface area contributed by atoms with Gasteiger partial charge in [0, 0.05) is 6.42 Å². The average molecular weight is 864 g/mol. The van der Waals surface area contributed by atoms with Gasteiger partial charge >= 0.3 is 0 Å². The minimum Gasteiger partial charge on any atom is -0.394 e. The van der Waals surface area contributed by atoms with Crippen molar-refractivity contribution in [3.63, 3.8) is 0 Å². The lowest BCUT2D eigenvalue weighted by Crippen LogP contribution is -2.60. The summed E-state index contributed by atoms with van der Waals surface area (Å²) in [7, 11) is 0. The highest BCUT2D eigenvalue weighted by atomic mass is 16.7. The molecule has 0 aliphatic carbocycles. The monoisotopic (exact) mass is 864 g/mol. The van der Waals surface area contributed by atoms with E-state index in [2.05, 4.69) is 55.6 Å². The van der Waals surface area contributed by atoms with Gasteiger partial charge in [-0.3, -0.25) is 4.79 Å². The van der Waals surface area contributed by atoms with Crippen molar-refractivity contribution in [1.82, 2.24) is 5.32 Å². The Morgan fingerprint density at radius 3 is 1.43 bits per heavy atom. The van der Waals surface area contributed by atoms with E-state index in [1.807, 2.05) is 0 Å². The molecule has 1 aliphatic heterocycles. The second kappa shape index (κ2) is 42.4. The Kier molecular flexibility index (Phi) is 39.9. The molecule has 1 saturated heterocycles. The molecule has 0 aromatic heterocycles. The molecule has 61 heavy (non-hydrogen) atoms. The highest BCUT2D eigenvalue weighted by Gasteiger charge is 2.44. The molecule has 1 aliphatic rings. The molecule has 1 rings (SSSR count). The highest BCUT2D eigenvalue weighted by Crippen LogP contribution is 2.23. The van der Waals surface area contributed by atoms with E-state index in [1.165, 1.54) is 141 Å². The molecule has 9 nitrogen and oxygen atoms in total. The van der Waals surface area contributed by atoms with Crippen molar-refractivity contribution in [3.05, 3.63) is 36.5 Å². The van der Waals surface area contributed by atoms with Crippen LogP contribution in [0.2, 0.25) is 0 Å². The lowest BCUT2D eigenvalue weighted by molar-refractivity contribution is -0.302. The number of ether oxygens (including phenoxy) is 2. The normalized spacial score (nSPS) is 20.7. The average Bonchev–Trinajstić information content (AvgIpc) is 3.26. The fourth-order valence-corrected chi connectivity index (χ4v) is 8.11. The molecule has 6 N–H and O–H groups in total. The molecule has 0 spiro atoms. The second-order valence-corrected chi connectivity index (χ2v) is 18.0. The van der Waals surface area contributed by atoms with Crippen molar-refractivity contribution in [3.8, 4) is 0 Å². The molecule has 1 heterocycles. The molecule has 9 heteroatoms. The number of nitrogens with one attached hydrogen (secondary N) is 1. The van der Waals surface area contributed by atoms with Crippen LogP contribution in [-0.2, 0) is 14.3 Å². The van der Waals surface area contributed by atoms with E-state index in [1.54, 1.807) is 0 Å². The standard InChI is InChI=1S/C52H97NO8/c1-3-5-7-9-11-13-15-17-19-21-22-23-24-26-28-30-32-34-36-38-40-42-48(56)53-45(44-60-52-51(59)50(58)49(57)47(43-54)61-52)46(55)41-39-37-35-33-31-29-27-25-20-18-16-14-12-10-8-6-4-2/h15,17,21-22,24,26,45-47,49-52,54-55,57-59H,3-14,16,18-20,23,25,27-44H2,1-2H3,(H,53,56)/b17-15-,22-21-,26-24-. The first-order chi connectivity index (χ1) is 29.8. The summed E-state index contributed by atoms with van der Waals surface area (Å²) in [6, 6.07) is -0.726. The number of hydrogen-bond acceptors (Lipinski definition) is 8. The zero-order chi connectivity index (χ0) is 44.4. The van der Waals surface area contributed by atoms with Gasteiger partial charge in [0.1, 0.15) is 24.4 Å². The van der Waals surface area contributed by atoms with Crippen LogP contribution in [0.3, 0.4) is 0 Å². The molecule has 7 atom stereocenters. The molecule has 1 fully saturated rings. The second-order valence-electron chi connectivity index (χ2n) is 18.0. The van der Waals surface area contributed by atoms with Crippen molar-refractivity contribution >= 4 is 5.91 Å². The summed E-state index contributed by atoms with van der Waals surface area (Å²) in [6.07, 6.45) is 45.7. The molecule has 1 amide bonds. The first-order valence-corrected chi connectivity index (χ1v) is 25.7. The molecule has 0 aromatic carbocycles. The van der Waals surface area contributed by atoms with Crippen molar-refractivity contribution in [2.45, 2.75) is 275 Å². The summed E-state index contributed by atoms with van der Waals surface area (Å²) < 4.78 is 11.3. The third-order valence-electron chi connectivity index (χ3n) is 12.2. The molecule has 0 aromatic rings. The smallest absolute Gasteiger partial charge is 0.220 e. The number of rotatable bonds is 43. The zero-order valence-corrected chi connectivity index (χ0v) is 39.4. The number of aliphatic hydroxyl groups is 5. The van der Waals surface area contributed by atoms with E-state index < -0.39 is 49.5 Å². The van der Waals surface area contributed by atoms with Crippen molar-refractivity contribution in [2.24, 2.45) is 0 Å². The lowest BCUT2D eigenvalue weighted by Gasteiger charge is -2.40. The maximum Gasteiger partial charge on any atom is 0.220 e. The summed E-state index contributed by atoms with van der Waals surface area (Å²) in [5, 5.41) is 54.5. The lowest BCUT2D eigenvalue weighted by atomic mass is 9.99. The number of carbonyl (C=O) groups is 1. The minimum atomic E-state index is -1.56. The topological polar surface area (TPSA) is 149 Å². The van der Waals surface area contributed by atoms with E-state index in [0.717, 1.165) is 64.2 Å². The van der Waals surface area contributed by atoms with Gasteiger partial charge in [-0.1, -0.05) is 211 Å². The van der Waals surface area contributed by atoms with Gasteiger partial charge in [0.2, 0.25) is 5.91 Å². The van der Waals surface area contributed by atoms with Gasteiger partial charge in [0.05, 0.1) is 25.4 Å². The van der Waals surface area contributed by atoms with Crippen LogP contribution < -0.4 is 5.32 Å². The van der Waals surface area contributed by atoms with Crippen LogP contribution in [0.25, 0.3) is 0 Å². The van der Waals surface area contributed by atoms with Gasteiger partial charge in [-0.15, -0.1) is 0 Å². The Balaban J connectivity index is 2.29. The summed E-state index contributed by atoms with van der Waals surface area (Å²) in [5.74, 6) is -0.156. The van der Waals surface area contributed by atoms with E-state index in [9.17, 15) is 30.3 Å². The molecule has 0 bridgehead atoms. The fraction of sp³-hybridized carbons (Fsp3) is 0.865. The van der Waals surface area contributed by atoms with Crippen LogP contribution in [0.5, 0.6) is 0 Å². The number of carbonyl (C=O) groups excluding carboxylic acids is 1. The van der Waals surface area contributed by atoms with Gasteiger partial charge in [-0.05, 0) is 51.4 Å². The van der Waals surface area contributed by atoms with E-state index in [0.29, 0.717) is 12.8 Å². The Morgan fingerprint density at radius 1 is 0.557 bits per heavy atom. The first-order valence-electron chi connectivity index (χ1n) is 25.7. The Labute approximate surface area is 374 Å². The van der Waals surface area contributed by atoms with Crippen LogP contribution in [0.4, 0.5) is 0 Å². The predicted molar refractivity (Wildman–Crippen MR) is 253 cm³/mol. The van der Waals surface area contributed by atoms with Gasteiger partial charge in [-0.25, -0.2) is 0 Å². The number of amides is 1. The first kappa shape index (κ1) is 57.4. The number of unbranched alkanes of at least 4 members (excludes halogenated alkanes) is 27. The van der Waals surface area contributed by atoms with Crippen molar-refractivity contribution in [1.29, 1.82) is 0 Å². The Bertz CT molecular complexity index is 1050. The van der Waals surface area contributed by atoms with Crippen LogP contribution in [-0.4, -0.2) is 87.5 Å². The summed E-state index contributed by atoms with van der Waals surface area (Å²) >= 11 is 0. The predicted octanol–water partition coefficient (Wildman–Crippen LogP) is 11.6. The summed E-state index contributed by atoms with van der Waals surface area (Å²) in [6.45, 7) is 3.83. The summed E-state index contributed by atoms with van der Waals surface area (Å²) in [5.41, 5.74) is 0. The maximum atomic E-state index is 13.0. The Hall–Kier alpha value is -1.59. The van der Waals surface area contributed by atoms with E-state index in [-0.39, 0.29) is 12.5 Å². The van der Waals surface area contributed by atoms with Gasteiger partial charge in [0.15, 0.2) is 6.29 Å². The third-order valence-corrected chi connectivity index (χ3v) is 12.2. The molecule has 0 saturated carbocycles. The van der Waals surface area contributed by atoms with Gasteiger partial charge in [0.25, 0.3) is 0 Å². The van der Waals surface area contributed by atoms with Crippen molar-refractivity contribution in [2.75, 3.05) is 13.2 Å². The maximum absolute atomic E-state index is 13.0. The largest absolute Gasteiger partial charge is 0.394 e. The molecular weight excluding hydrogens is 767 g/mol. The number of allylic oxidation sites excluding steroid dienone is 6. The summed E-state index contributed by atoms with van der Waals surface area (Å²) in [4.78, 5) is 13.0. The molecule has 0 radical (unpaired) electrons. The van der Waals surface area contributed by atoms with Gasteiger partial charge < -0.3 is 40.3 Å². The third kappa shape index (κ3) is 32.7. The van der Waals surface area contributed by atoms with Crippen LogP contribution >= 0.6 is 0 Å². The van der Waals surface area contributed by atoms with E-state index >= 15 is 0 Å². The number of aliphatic hydroxyl groups excluding tert-OH is 5.